The summed E-state index contributed by atoms with van der Waals surface area (Å²) in [6, 6.07) is 9.41. The van der Waals surface area contributed by atoms with Gasteiger partial charge < -0.3 is 25.2 Å². The number of nitrogens with two attached hydrogens (primary N) is 1. The number of ether oxygens (including phenoxy) is 2. The van der Waals surface area contributed by atoms with Crippen LogP contribution in [0.15, 0.2) is 42.6 Å². The van der Waals surface area contributed by atoms with Crippen molar-refractivity contribution in [3.63, 3.8) is 0 Å². The van der Waals surface area contributed by atoms with Crippen LogP contribution < -0.4 is 15.2 Å². The predicted molar refractivity (Wildman–Crippen MR) is 118 cm³/mol. The number of amides is 1. The molecule has 2 heterocycles. The number of carboxylic acids is 1. The average Bonchev–Trinajstić information content (AvgIpc) is 3.27. The van der Waals surface area contributed by atoms with E-state index in [1.54, 1.807) is 35.4 Å². The molecular weight excluding hydrogens is 431 g/mol. The minimum absolute atomic E-state index is 0.0334. The maximum absolute atomic E-state index is 14.3. The maximum Gasteiger partial charge on any atom is 0.300 e. The molecule has 0 bridgehead atoms. The van der Waals surface area contributed by atoms with Gasteiger partial charge in [-0.1, -0.05) is 6.07 Å². The average molecular weight is 456 g/mol. The molecule has 33 heavy (non-hydrogen) atoms. The van der Waals surface area contributed by atoms with E-state index in [4.69, 9.17) is 25.1 Å². The molecule has 0 saturated carbocycles. The second-order valence-corrected chi connectivity index (χ2v) is 7.31. The van der Waals surface area contributed by atoms with Crippen molar-refractivity contribution in [1.82, 2.24) is 15.1 Å². The SMILES string of the molecule is CC(=O)O.COc1ccc(C(=O)N2CCc3[nH]ncc3C2)cc1Oc1ccc(CN)cc1F. The number of carboxylic acid groups (broad SMARTS) is 1. The summed E-state index contributed by atoms with van der Waals surface area (Å²) in [7, 11) is 1.49. The predicted octanol–water partition coefficient (Wildman–Crippen LogP) is 3.10. The van der Waals surface area contributed by atoms with Crippen LogP contribution >= 0.6 is 0 Å². The molecule has 1 amide bonds. The van der Waals surface area contributed by atoms with E-state index in [1.165, 1.54) is 19.2 Å². The largest absolute Gasteiger partial charge is 0.493 e. The molecule has 0 unspecified atom stereocenters. The van der Waals surface area contributed by atoms with Crippen molar-refractivity contribution < 1.29 is 28.6 Å². The first-order chi connectivity index (χ1) is 15.8. The number of nitrogens with zero attached hydrogens (tertiary/aromatic N) is 2. The Hall–Kier alpha value is -3.92. The van der Waals surface area contributed by atoms with Gasteiger partial charge in [0.05, 0.1) is 13.3 Å². The van der Waals surface area contributed by atoms with Crippen molar-refractivity contribution >= 4 is 11.9 Å². The van der Waals surface area contributed by atoms with Crippen LogP contribution in [-0.2, 0) is 24.3 Å². The molecule has 0 fully saturated rings. The molecule has 0 atom stereocenters. The number of aliphatic carboxylic acids is 1. The third-order valence-corrected chi connectivity index (χ3v) is 4.95. The first-order valence-electron chi connectivity index (χ1n) is 10.2. The Morgan fingerprint density at radius 3 is 2.61 bits per heavy atom. The van der Waals surface area contributed by atoms with Crippen LogP contribution in [0.5, 0.6) is 17.2 Å². The first-order valence-corrected chi connectivity index (χ1v) is 10.2. The summed E-state index contributed by atoms with van der Waals surface area (Å²) in [5.41, 5.74) is 8.71. The van der Waals surface area contributed by atoms with E-state index in [9.17, 15) is 9.18 Å². The van der Waals surface area contributed by atoms with Gasteiger partial charge in [0.2, 0.25) is 0 Å². The Morgan fingerprint density at radius 2 is 1.94 bits per heavy atom. The van der Waals surface area contributed by atoms with Crippen molar-refractivity contribution in [2.45, 2.75) is 26.4 Å². The van der Waals surface area contributed by atoms with E-state index in [-0.39, 0.29) is 24.0 Å². The molecule has 2 aromatic carbocycles. The lowest BCUT2D eigenvalue weighted by molar-refractivity contribution is -0.134. The van der Waals surface area contributed by atoms with Crippen LogP contribution in [0.2, 0.25) is 0 Å². The van der Waals surface area contributed by atoms with Crippen LogP contribution in [0, 0.1) is 5.82 Å². The zero-order valence-electron chi connectivity index (χ0n) is 18.3. The molecule has 9 nitrogen and oxygen atoms in total. The van der Waals surface area contributed by atoms with E-state index in [2.05, 4.69) is 10.2 Å². The molecule has 0 spiro atoms. The van der Waals surface area contributed by atoms with E-state index < -0.39 is 11.8 Å². The third-order valence-electron chi connectivity index (χ3n) is 4.95. The number of aromatic nitrogens is 2. The number of carbonyl (C=O) groups excluding carboxylic acids is 1. The number of hydrogen-bond acceptors (Lipinski definition) is 6. The number of H-pyrrole nitrogens is 1. The Labute approximate surface area is 189 Å². The molecule has 4 N–H and O–H groups in total. The molecule has 10 heteroatoms. The second kappa shape index (κ2) is 10.6. The van der Waals surface area contributed by atoms with E-state index >= 15 is 0 Å². The number of fused-ring (bicyclic) bond motifs is 1. The normalized spacial score (nSPS) is 12.3. The van der Waals surface area contributed by atoms with Gasteiger partial charge in [0, 0.05) is 49.8 Å². The van der Waals surface area contributed by atoms with Crippen LogP contribution in [0.1, 0.15) is 34.1 Å². The minimum atomic E-state index is -0.833. The molecule has 0 radical (unpaired) electrons. The molecule has 174 valence electrons. The minimum Gasteiger partial charge on any atom is -0.493 e. The lowest BCUT2D eigenvalue weighted by atomic mass is 10.1. The molecule has 4 rings (SSSR count). The van der Waals surface area contributed by atoms with E-state index in [1.807, 2.05) is 0 Å². The fourth-order valence-electron chi connectivity index (χ4n) is 3.34. The monoisotopic (exact) mass is 456 g/mol. The van der Waals surface area contributed by atoms with Gasteiger partial charge in [0.25, 0.3) is 11.9 Å². The van der Waals surface area contributed by atoms with Crippen LogP contribution in [0.4, 0.5) is 4.39 Å². The standard InChI is InChI=1S/C21H21FN4O3.C2H4O2/c1-28-19-5-3-14(21(27)26-7-6-17-15(12-26)11-24-25-17)9-20(19)29-18-4-2-13(10-23)8-16(18)22;1-2(3)4/h2-5,8-9,11H,6-7,10,12,23H2,1H3,(H,24,25);1H3,(H,3,4). The molecule has 0 aliphatic carbocycles. The number of methoxy groups -OCH3 is 1. The number of aromatic amines is 1. The van der Waals surface area contributed by atoms with Gasteiger partial charge in [-0.3, -0.25) is 14.7 Å². The number of carbonyl (C=O) groups is 2. The quantitative estimate of drug-likeness (QED) is 0.538. The summed E-state index contributed by atoms with van der Waals surface area (Å²) < 4.78 is 25.4. The summed E-state index contributed by atoms with van der Waals surface area (Å²) >= 11 is 0. The van der Waals surface area contributed by atoms with Crippen LogP contribution in [0.3, 0.4) is 0 Å². The highest BCUT2D eigenvalue weighted by molar-refractivity contribution is 5.95. The van der Waals surface area contributed by atoms with Crippen molar-refractivity contribution in [2.24, 2.45) is 5.73 Å². The van der Waals surface area contributed by atoms with Gasteiger partial charge >= 0.3 is 0 Å². The lowest BCUT2D eigenvalue weighted by Crippen LogP contribution is -2.35. The Morgan fingerprint density at radius 1 is 1.21 bits per heavy atom. The summed E-state index contributed by atoms with van der Waals surface area (Å²) in [5.74, 6) is -0.803. The molecule has 1 aliphatic rings. The number of hydrogen-bond donors (Lipinski definition) is 3. The number of benzene rings is 2. The molecule has 3 aromatic rings. The zero-order chi connectivity index (χ0) is 24.0. The number of nitrogens with one attached hydrogen (secondary N) is 1. The lowest BCUT2D eigenvalue weighted by Gasteiger charge is -2.26. The molecular formula is C23H25FN4O5. The van der Waals surface area contributed by atoms with Crippen LogP contribution in [0.25, 0.3) is 0 Å². The highest BCUT2D eigenvalue weighted by atomic mass is 19.1. The van der Waals surface area contributed by atoms with E-state index in [0.29, 0.717) is 30.0 Å². The Balaban J connectivity index is 0.000000709. The fraction of sp³-hybridized carbons (Fsp3) is 0.261. The second-order valence-electron chi connectivity index (χ2n) is 7.31. The Kier molecular flexibility index (Phi) is 7.62. The smallest absolute Gasteiger partial charge is 0.300 e. The van der Waals surface area contributed by atoms with E-state index in [0.717, 1.165) is 24.6 Å². The fourth-order valence-corrected chi connectivity index (χ4v) is 3.34. The topological polar surface area (TPSA) is 131 Å². The van der Waals surface area contributed by atoms with Gasteiger partial charge in [-0.2, -0.15) is 5.10 Å². The molecule has 1 aromatic heterocycles. The third kappa shape index (κ3) is 5.86. The van der Waals surface area contributed by atoms with Gasteiger partial charge in [-0.05, 0) is 35.9 Å². The summed E-state index contributed by atoms with van der Waals surface area (Å²) in [5, 5.41) is 14.4. The summed E-state index contributed by atoms with van der Waals surface area (Å²) in [4.78, 5) is 23.7. The highest BCUT2D eigenvalue weighted by Gasteiger charge is 2.24. The molecule has 0 saturated heterocycles. The number of rotatable bonds is 5. The van der Waals surface area contributed by atoms with Crippen molar-refractivity contribution in [2.75, 3.05) is 13.7 Å². The van der Waals surface area contributed by atoms with Gasteiger partial charge in [0.1, 0.15) is 0 Å². The van der Waals surface area contributed by atoms with Gasteiger partial charge in [-0.25, -0.2) is 4.39 Å². The van der Waals surface area contributed by atoms with Crippen molar-refractivity contribution in [3.05, 3.63) is 70.8 Å². The first kappa shape index (κ1) is 23.7. The molecule has 1 aliphatic heterocycles. The van der Waals surface area contributed by atoms with Crippen LogP contribution in [-0.4, -0.2) is 45.7 Å². The van der Waals surface area contributed by atoms with Gasteiger partial charge in [0.15, 0.2) is 23.1 Å². The van der Waals surface area contributed by atoms with Gasteiger partial charge in [-0.15, -0.1) is 0 Å². The van der Waals surface area contributed by atoms with Crippen molar-refractivity contribution in [1.29, 1.82) is 0 Å². The summed E-state index contributed by atoms with van der Waals surface area (Å²) in [6.45, 7) is 2.40. The highest BCUT2D eigenvalue weighted by Crippen LogP contribution is 2.34. The maximum atomic E-state index is 14.3. The van der Waals surface area contributed by atoms with Crippen molar-refractivity contribution in [3.8, 4) is 17.2 Å². The Bertz CT molecular complexity index is 1140. The summed E-state index contributed by atoms with van der Waals surface area (Å²) in [6.07, 6.45) is 2.46. The number of halogens is 1. The zero-order valence-corrected chi connectivity index (χ0v) is 18.3.